The Hall–Kier alpha value is -1.40. The highest BCUT2D eigenvalue weighted by Crippen LogP contribution is 2.22. The number of hydrogen-bond acceptors (Lipinski definition) is 6. The molecule has 2 saturated heterocycles. The van der Waals surface area contributed by atoms with Crippen LogP contribution in [0.2, 0.25) is 0 Å². The molecule has 0 aliphatic carbocycles. The standard InChI is InChI=1S/C16H27N5O/c1-2-5-17-15-12-16(19-13-18-15)21-6-3-14(4-7-21)20-8-10-22-11-9-20/h12-14H,2-11H2,1H3,(H,17,18,19). The molecule has 1 aromatic heterocycles. The number of nitrogens with zero attached hydrogens (tertiary/aromatic N) is 4. The number of morpholine rings is 1. The van der Waals surface area contributed by atoms with Gasteiger partial charge in [0.1, 0.15) is 18.0 Å². The van der Waals surface area contributed by atoms with E-state index in [4.69, 9.17) is 4.74 Å². The molecule has 0 aromatic carbocycles. The summed E-state index contributed by atoms with van der Waals surface area (Å²) in [6, 6.07) is 2.78. The van der Waals surface area contributed by atoms with Crippen LogP contribution in [-0.2, 0) is 4.74 Å². The molecule has 3 rings (SSSR count). The van der Waals surface area contributed by atoms with Gasteiger partial charge in [0.15, 0.2) is 0 Å². The molecule has 1 N–H and O–H groups in total. The Kier molecular flexibility index (Phi) is 5.45. The van der Waals surface area contributed by atoms with Gasteiger partial charge in [-0.2, -0.15) is 0 Å². The largest absolute Gasteiger partial charge is 0.379 e. The first-order valence-corrected chi connectivity index (χ1v) is 8.49. The normalized spacial score (nSPS) is 21.0. The lowest BCUT2D eigenvalue weighted by molar-refractivity contribution is 0.0115. The van der Waals surface area contributed by atoms with Crippen molar-refractivity contribution < 1.29 is 4.74 Å². The zero-order valence-corrected chi connectivity index (χ0v) is 13.5. The molecule has 6 nitrogen and oxygen atoms in total. The molecule has 22 heavy (non-hydrogen) atoms. The van der Waals surface area contributed by atoms with Crippen LogP contribution >= 0.6 is 0 Å². The molecule has 1 aromatic rings. The molecule has 0 bridgehead atoms. The van der Waals surface area contributed by atoms with E-state index in [2.05, 4.69) is 38.1 Å². The smallest absolute Gasteiger partial charge is 0.134 e. The predicted octanol–water partition coefficient (Wildman–Crippen LogP) is 1.60. The summed E-state index contributed by atoms with van der Waals surface area (Å²) in [5, 5.41) is 3.33. The van der Waals surface area contributed by atoms with E-state index in [1.807, 2.05) is 0 Å². The van der Waals surface area contributed by atoms with Crippen LogP contribution < -0.4 is 10.2 Å². The van der Waals surface area contributed by atoms with E-state index < -0.39 is 0 Å². The summed E-state index contributed by atoms with van der Waals surface area (Å²) < 4.78 is 5.45. The van der Waals surface area contributed by atoms with Crippen LogP contribution in [0.15, 0.2) is 12.4 Å². The molecule has 0 atom stereocenters. The molecular weight excluding hydrogens is 278 g/mol. The van der Waals surface area contributed by atoms with Gasteiger partial charge in [0, 0.05) is 44.8 Å². The summed E-state index contributed by atoms with van der Waals surface area (Å²) in [6.45, 7) is 9.21. The lowest BCUT2D eigenvalue weighted by Gasteiger charge is -2.40. The van der Waals surface area contributed by atoms with Crippen LogP contribution in [0.3, 0.4) is 0 Å². The van der Waals surface area contributed by atoms with Gasteiger partial charge >= 0.3 is 0 Å². The Morgan fingerprint density at radius 2 is 1.95 bits per heavy atom. The maximum absolute atomic E-state index is 5.45. The quantitative estimate of drug-likeness (QED) is 0.892. The fourth-order valence-electron chi connectivity index (χ4n) is 3.27. The van der Waals surface area contributed by atoms with Crippen molar-refractivity contribution in [2.24, 2.45) is 0 Å². The highest BCUT2D eigenvalue weighted by molar-refractivity contribution is 5.48. The Bertz CT molecular complexity index is 456. The van der Waals surface area contributed by atoms with Crippen LogP contribution in [0.1, 0.15) is 26.2 Å². The van der Waals surface area contributed by atoms with Crippen molar-refractivity contribution in [2.75, 3.05) is 56.2 Å². The average Bonchev–Trinajstić information content (AvgIpc) is 2.61. The van der Waals surface area contributed by atoms with Crippen LogP contribution in [0.5, 0.6) is 0 Å². The van der Waals surface area contributed by atoms with Crippen molar-refractivity contribution in [3.05, 3.63) is 12.4 Å². The first-order chi connectivity index (χ1) is 10.9. The van der Waals surface area contributed by atoms with Crippen molar-refractivity contribution in [2.45, 2.75) is 32.2 Å². The average molecular weight is 305 g/mol. The van der Waals surface area contributed by atoms with Gasteiger partial charge in [-0.25, -0.2) is 9.97 Å². The fraction of sp³-hybridized carbons (Fsp3) is 0.750. The monoisotopic (exact) mass is 305 g/mol. The number of rotatable bonds is 5. The molecule has 0 unspecified atom stereocenters. The molecule has 122 valence electrons. The molecule has 6 heteroatoms. The Balaban J connectivity index is 1.54. The topological polar surface area (TPSA) is 53.5 Å². The number of anilines is 2. The summed E-state index contributed by atoms with van der Waals surface area (Å²) in [5.41, 5.74) is 0. The van der Waals surface area contributed by atoms with E-state index in [0.717, 1.165) is 64.0 Å². The Morgan fingerprint density at radius 1 is 1.18 bits per heavy atom. The van der Waals surface area contributed by atoms with E-state index in [1.165, 1.54) is 12.8 Å². The maximum Gasteiger partial charge on any atom is 0.134 e. The molecule has 0 saturated carbocycles. The van der Waals surface area contributed by atoms with Crippen molar-refractivity contribution in [1.82, 2.24) is 14.9 Å². The minimum absolute atomic E-state index is 0.708. The molecule has 0 amide bonds. The van der Waals surface area contributed by atoms with Gasteiger partial charge in [-0.3, -0.25) is 4.90 Å². The molecule has 2 aliphatic heterocycles. The summed E-state index contributed by atoms with van der Waals surface area (Å²) in [5.74, 6) is 1.98. The van der Waals surface area contributed by atoms with E-state index >= 15 is 0 Å². The van der Waals surface area contributed by atoms with Gasteiger partial charge in [-0.15, -0.1) is 0 Å². The molecule has 0 spiro atoms. The summed E-state index contributed by atoms with van der Waals surface area (Å²) in [6.07, 6.45) is 5.19. The van der Waals surface area contributed by atoms with Gasteiger partial charge in [0.25, 0.3) is 0 Å². The molecule has 2 fully saturated rings. The highest BCUT2D eigenvalue weighted by atomic mass is 16.5. The minimum atomic E-state index is 0.708. The van der Waals surface area contributed by atoms with E-state index in [9.17, 15) is 0 Å². The van der Waals surface area contributed by atoms with Crippen LogP contribution in [0, 0.1) is 0 Å². The van der Waals surface area contributed by atoms with Gasteiger partial charge in [-0.1, -0.05) is 6.92 Å². The van der Waals surface area contributed by atoms with Gasteiger partial charge in [-0.05, 0) is 19.3 Å². The number of aromatic nitrogens is 2. The van der Waals surface area contributed by atoms with Crippen molar-refractivity contribution >= 4 is 11.6 Å². The molecule has 2 aliphatic rings. The second-order valence-corrected chi connectivity index (χ2v) is 6.05. The predicted molar refractivity (Wildman–Crippen MR) is 88.4 cm³/mol. The fourth-order valence-corrected chi connectivity index (χ4v) is 3.27. The highest BCUT2D eigenvalue weighted by Gasteiger charge is 2.26. The van der Waals surface area contributed by atoms with E-state index in [0.29, 0.717) is 6.04 Å². The first kappa shape index (κ1) is 15.5. The third-order valence-electron chi connectivity index (χ3n) is 4.56. The van der Waals surface area contributed by atoms with Crippen LogP contribution in [0.4, 0.5) is 11.6 Å². The second kappa shape index (κ2) is 7.74. The SMILES string of the molecule is CCCNc1cc(N2CCC(N3CCOCC3)CC2)ncn1. The summed E-state index contributed by atoms with van der Waals surface area (Å²) in [7, 11) is 0. The zero-order chi connectivity index (χ0) is 15.2. The number of hydrogen-bond donors (Lipinski definition) is 1. The van der Waals surface area contributed by atoms with Crippen molar-refractivity contribution in [3.63, 3.8) is 0 Å². The number of nitrogens with one attached hydrogen (secondary N) is 1. The van der Waals surface area contributed by atoms with Crippen LogP contribution in [0.25, 0.3) is 0 Å². The van der Waals surface area contributed by atoms with Crippen molar-refractivity contribution in [3.8, 4) is 0 Å². The van der Waals surface area contributed by atoms with Gasteiger partial charge < -0.3 is 15.0 Å². The third-order valence-corrected chi connectivity index (χ3v) is 4.56. The maximum atomic E-state index is 5.45. The lowest BCUT2D eigenvalue weighted by atomic mass is 10.0. The van der Waals surface area contributed by atoms with Gasteiger partial charge in [0.2, 0.25) is 0 Å². The van der Waals surface area contributed by atoms with E-state index in [1.54, 1.807) is 6.33 Å². The van der Waals surface area contributed by atoms with E-state index in [-0.39, 0.29) is 0 Å². The summed E-state index contributed by atoms with van der Waals surface area (Å²) >= 11 is 0. The second-order valence-electron chi connectivity index (χ2n) is 6.05. The zero-order valence-electron chi connectivity index (χ0n) is 13.5. The summed E-state index contributed by atoms with van der Waals surface area (Å²) in [4.78, 5) is 13.7. The van der Waals surface area contributed by atoms with Gasteiger partial charge in [0.05, 0.1) is 13.2 Å². The Morgan fingerprint density at radius 3 is 2.68 bits per heavy atom. The molecule has 0 radical (unpaired) electrons. The number of ether oxygens (including phenoxy) is 1. The van der Waals surface area contributed by atoms with Crippen LogP contribution in [-0.4, -0.2) is 66.8 Å². The third kappa shape index (κ3) is 3.87. The first-order valence-electron chi connectivity index (χ1n) is 8.49. The lowest BCUT2D eigenvalue weighted by Crippen LogP contribution is -2.49. The molecule has 3 heterocycles. The number of piperidine rings is 1. The Labute approximate surface area is 132 Å². The minimum Gasteiger partial charge on any atom is -0.379 e. The molecular formula is C16H27N5O. The van der Waals surface area contributed by atoms with Crippen molar-refractivity contribution in [1.29, 1.82) is 0 Å².